The number of hydrogen-bond acceptors (Lipinski definition) is 3. The van der Waals surface area contributed by atoms with Crippen LogP contribution < -0.4 is 5.73 Å². The second kappa shape index (κ2) is 6.06. The summed E-state index contributed by atoms with van der Waals surface area (Å²) >= 11 is 0. The van der Waals surface area contributed by atoms with Gasteiger partial charge in [-0.1, -0.05) is 6.07 Å². The van der Waals surface area contributed by atoms with Gasteiger partial charge in [-0.3, -0.25) is 4.79 Å². The van der Waals surface area contributed by atoms with Crippen molar-refractivity contribution in [2.45, 2.75) is 19.8 Å². The minimum absolute atomic E-state index is 0.0374. The number of nitrogen functional groups attached to an aromatic ring is 1. The molecule has 0 radical (unpaired) electrons. The number of hydrogen-bond donors (Lipinski definition) is 1. The summed E-state index contributed by atoms with van der Waals surface area (Å²) in [6, 6.07) is 5.47. The van der Waals surface area contributed by atoms with Gasteiger partial charge in [0.2, 0.25) is 0 Å². The summed E-state index contributed by atoms with van der Waals surface area (Å²) in [6.07, 6.45) is 2.22. The summed E-state index contributed by atoms with van der Waals surface area (Å²) in [4.78, 5) is 14.2. The molecular weight excluding hydrogens is 240 g/mol. The summed E-state index contributed by atoms with van der Waals surface area (Å²) in [5.41, 5.74) is 8.04. The average molecular weight is 262 g/mol. The van der Waals surface area contributed by atoms with Crippen LogP contribution in [0, 0.1) is 12.8 Å². The first kappa shape index (κ1) is 13.9. The molecule has 2 N–H and O–H groups in total. The molecular formula is C15H22N2O2. The molecule has 0 bridgehead atoms. The fourth-order valence-electron chi connectivity index (χ4n) is 2.50. The molecule has 0 aliphatic carbocycles. The fraction of sp³-hybridized carbons (Fsp3) is 0.533. The molecule has 1 amide bonds. The van der Waals surface area contributed by atoms with Crippen molar-refractivity contribution in [3.05, 3.63) is 29.3 Å². The van der Waals surface area contributed by atoms with Gasteiger partial charge in [-0.15, -0.1) is 0 Å². The van der Waals surface area contributed by atoms with E-state index in [0.29, 0.717) is 17.2 Å². The predicted octanol–water partition coefficient (Wildman–Crippen LogP) is 2.08. The van der Waals surface area contributed by atoms with Crippen molar-refractivity contribution in [2.75, 3.05) is 32.5 Å². The molecule has 1 atom stereocenters. The number of carbonyl (C=O) groups is 1. The fourth-order valence-corrected chi connectivity index (χ4v) is 2.50. The maximum Gasteiger partial charge on any atom is 0.253 e. The molecule has 1 aliphatic heterocycles. The molecule has 1 aliphatic rings. The molecule has 104 valence electrons. The Morgan fingerprint density at radius 2 is 2.32 bits per heavy atom. The third-order valence-corrected chi connectivity index (χ3v) is 3.63. The summed E-state index contributed by atoms with van der Waals surface area (Å²) in [5.74, 6) is 0.486. The highest BCUT2D eigenvalue weighted by Gasteiger charge is 2.20. The monoisotopic (exact) mass is 262 g/mol. The van der Waals surface area contributed by atoms with E-state index < -0.39 is 0 Å². The summed E-state index contributed by atoms with van der Waals surface area (Å²) < 4.78 is 5.45. The highest BCUT2D eigenvalue weighted by Crippen LogP contribution is 2.18. The van der Waals surface area contributed by atoms with Crippen molar-refractivity contribution in [1.82, 2.24) is 4.90 Å². The Morgan fingerprint density at radius 1 is 1.53 bits per heavy atom. The third kappa shape index (κ3) is 3.47. The van der Waals surface area contributed by atoms with Gasteiger partial charge in [-0.25, -0.2) is 0 Å². The quantitative estimate of drug-likeness (QED) is 0.848. The van der Waals surface area contributed by atoms with Gasteiger partial charge in [-0.2, -0.15) is 0 Å². The molecule has 0 aromatic heterocycles. The van der Waals surface area contributed by atoms with Crippen molar-refractivity contribution < 1.29 is 9.53 Å². The number of rotatable bonds is 3. The maximum atomic E-state index is 12.4. The Bertz CT molecular complexity index is 453. The van der Waals surface area contributed by atoms with Gasteiger partial charge in [0.05, 0.1) is 6.61 Å². The molecule has 19 heavy (non-hydrogen) atoms. The molecule has 0 saturated carbocycles. The van der Waals surface area contributed by atoms with Crippen molar-refractivity contribution in [2.24, 2.45) is 5.92 Å². The second-order valence-electron chi connectivity index (χ2n) is 5.34. The van der Waals surface area contributed by atoms with Crippen LogP contribution in [0.25, 0.3) is 0 Å². The van der Waals surface area contributed by atoms with E-state index in [1.54, 1.807) is 11.0 Å². The van der Waals surface area contributed by atoms with E-state index >= 15 is 0 Å². The van der Waals surface area contributed by atoms with Crippen molar-refractivity contribution in [3.8, 4) is 0 Å². The van der Waals surface area contributed by atoms with Crippen molar-refractivity contribution in [1.29, 1.82) is 0 Å². The molecule has 1 aromatic carbocycles. The first-order valence-electron chi connectivity index (χ1n) is 6.77. The smallest absolute Gasteiger partial charge is 0.253 e. The van der Waals surface area contributed by atoms with Crippen LogP contribution in [-0.4, -0.2) is 37.6 Å². The van der Waals surface area contributed by atoms with Crippen LogP contribution in [-0.2, 0) is 4.74 Å². The zero-order valence-electron chi connectivity index (χ0n) is 11.7. The molecule has 1 aromatic rings. The molecule has 1 saturated heterocycles. The van der Waals surface area contributed by atoms with Crippen molar-refractivity contribution >= 4 is 11.6 Å². The van der Waals surface area contributed by atoms with Crippen LogP contribution in [0.3, 0.4) is 0 Å². The van der Waals surface area contributed by atoms with Gasteiger partial charge < -0.3 is 15.4 Å². The number of carbonyl (C=O) groups excluding carboxylic acids is 1. The maximum absolute atomic E-state index is 12.4. The first-order chi connectivity index (χ1) is 9.08. The van der Waals surface area contributed by atoms with Gasteiger partial charge in [-0.05, 0) is 43.4 Å². The number of ether oxygens (including phenoxy) is 1. The Kier molecular flexibility index (Phi) is 4.43. The lowest BCUT2D eigenvalue weighted by molar-refractivity contribution is 0.0388. The van der Waals surface area contributed by atoms with E-state index in [1.165, 1.54) is 0 Å². The van der Waals surface area contributed by atoms with Gasteiger partial charge in [0, 0.05) is 31.5 Å². The molecule has 4 nitrogen and oxygen atoms in total. The second-order valence-corrected chi connectivity index (χ2v) is 5.34. The van der Waals surface area contributed by atoms with E-state index in [4.69, 9.17) is 10.5 Å². The van der Waals surface area contributed by atoms with E-state index in [0.717, 1.165) is 38.2 Å². The van der Waals surface area contributed by atoms with Crippen LogP contribution in [0.15, 0.2) is 18.2 Å². The minimum Gasteiger partial charge on any atom is -0.399 e. The van der Waals surface area contributed by atoms with Gasteiger partial charge in [0.1, 0.15) is 0 Å². The van der Waals surface area contributed by atoms with Crippen LogP contribution in [0.4, 0.5) is 5.69 Å². The molecule has 4 heteroatoms. The minimum atomic E-state index is 0.0374. The zero-order valence-corrected chi connectivity index (χ0v) is 11.7. The van der Waals surface area contributed by atoms with Gasteiger partial charge >= 0.3 is 0 Å². The number of aryl methyl sites for hydroxylation is 1. The number of amides is 1. The summed E-state index contributed by atoms with van der Waals surface area (Å²) in [7, 11) is 1.85. The lowest BCUT2D eigenvalue weighted by atomic mass is 10.0. The van der Waals surface area contributed by atoms with Crippen LogP contribution >= 0.6 is 0 Å². The molecule has 1 fully saturated rings. The SMILES string of the molecule is Cc1ccc(N)cc1C(=O)N(C)CC1CCCOC1. The Balaban J connectivity index is 2.03. The largest absolute Gasteiger partial charge is 0.399 e. The first-order valence-corrected chi connectivity index (χ1v) is 6.77. The molecule has 0 spiro atoms. The van der Waals surface area contributed by atoms with E-state index in [1.807, 2.05) is 26.1 Å². The Morgan fingerprint density at radius 3 is 3.00 bits per heavy atom. The predicted molar refractivity (Wildman–Crippen MR) is 76.1 cm³/mol. The van der Waals surface area contributed by atoms with Crippen LogP contribution in [0.2, 0.25) is 0 Å². The average Bonchev–Trinajstić information content (AvgIpc) is 2.42. The van der Waals surface area contributed by atoms with E-state index in [-0.39, 0.29) is 5.91 Å². The number of nitrogens with two attached hydrogens (primary N) is 1. The Hall–Kier alpha value is -1.55. The zero-order chi connectivity index (χ0) is 13.8. The molecule has 1 unspecified atom stereocenters. The lowest BCUT2D eigenvalue weighted by Crippen LogP contribution is -2.35. The van der Waals surface area contributed by atoms with Crippen LogP contribution in [0.1, 0.15) is 28.8 Å². The van der Waals surface area contributed by atoms with Crippen molar-refractivity contribution in [3.63, 3.8) is 0 Å². The standard InChI is InChI=1S/C15H22N2O2/c1-11-5-6-13(16)8-14(11)15(18)17(2)9-12-4-3-7-19-10-12/h5-6,8,12H,3-4,7,9-10,16H2,1-2H3. The summed E-state index contributed by atoms with van der Waals surface area (Å²) in [5, 5.41) is 0. The van der Waals surface area contributed by atoms with E-state index in [2.05, 4.69) is 0 Å². The highest BCUT2D eigenvalue weighted by atomic mass is 16.5. The highest BCUT2D eigenvalue weighted by molar-refractivity contribution is 5.96. The molecule has 2 rings (SSSR count). The van der Waals surface area contributed by atoms with Gasteiger partial charge in [0.25, 0.3) is 5.91 Å². The Labute approximate surface area is 114 Å². The number of anilines is 1. The topological polar surface area (TPSA) is 55.6 Å². The number of nitrogens with zero attached hydrogens (tertiary/aromatic N) is 1. The van der Waals surface area contributed by atoms with Crippen LogP contribution in [0.5, 0.6) is 0 Å². The number of benzene rings is 1. The third-order valence-electron chi connectivity index (χ3n) is 3.63. The lowest BCUT2D eigenvalue weighted by Gasteiger charge is -2.27. The molecule has 1 heterocycles. The van der Waals surface area contributed by atoms with E-state index in [9.17, 15) is 4.79 Å². The normalized spacial score (nSPS) is 19.2. The summed E-state index contributed by atoms with van der Waals surface area (Å²) in [6.45, 7) is 4.29. The van der Waals surface area contributed by atoms with Gasteiger partial charge in [0.15, 0.2) is 0 Å².